The molecular weight excluding hydrogens is 2040 g/mol. The number of benzene rings is 3. The number of nitriles is 3. The van der Waals surface area contributed by atoms with Gasteiger partial charge in [-0.3, -0.25) is 57.4 Å². The molecular formula is C93H75Cl15N18O9. The predicted octanol–water partition coefficient (Wildman–Crippen LogP) is 22.7. The van der Waals surface area contributed by atoms with Crippen LogP contribution in [0.15, 0.2) is 107 Å². The largest absolute Gasteiger partial charge is 0.505 e. The van der Waals surface area contributed by atoms with E-state index in [1.54, 1.807) is 69.7 Å². The Kier molecular flexibility index (Phi) is 31.2. The van der Waals surface area contributed by atoms with Crippen LogP contribution < -0.4 is 31.4 Å². The van der Waals surface area contributed by atoms with Gasteiger partial charge in [-0.05, 0) is 110 Å². The number of phenols is 3. The van der Waals surface area contributed by atoms with E-state index in [1.165, 1.54) is 31.9 Å². The molecule has 27 nitrogen and oxygen atoms in total. The third kappa shape index (κ3) is 18.5. The normalized spacial score (nSPS) is 13.4. The number of hydrogen-bond donors (Lipinski definition) is 3. The average molecular weight is 2120 g/mol. The second-order valence-corrected chi connectivity index (χ2v) is 37.8. The Bertz CT molecular complexity index is 6640. The van der Waals surface area contributed by atoms with Crippen LogP contribution in [-0.2, 0) is 14.4 Å². The Labute approximate surface area is 847 Å². The van der Waals surface area contributed by atoms with Crippen LogP contribution in [-0.4, -0.2) is 170 Å². The highest BCUT2D eigenvalue weighted by atomic mass is 35.5. The number of carbonyl (C=O) groups excluding carboxylic acids is 3. The molecule has 3 aliphatic rings. The molecule has 12 aromatic rings. The van der Waals surface area contributed by atoms with Crippen LogP contribution in [0.4, 0.5) is 17.1 Å². The fourth-order valence-corrected chi connectivity index (χ4v) is 20.4. The first kappa shape index (κ1) is 102. The molecule has 15 rings (SSSR count). The van der Waals surface area contributed by atoms with Gasteiger partial charge in [0.15, 0.2) is 17.2 Å². The molecule has 696 valence electrons. The van der Waals surface area contributed by atoms with E-state index in [1.807, 2.05) is 77.0 Å². The number of carbonyl (C=O) groups is 3. The van der Waals surface area contributed by atoms with Crippen molar-refractivity contribution in [2.45, 2.75) is 80.1 Å². The minimum Gasteiger partial charge on any atom is -0.505 e. The molecule has 0 unspecified atom stereocenters. The lowest BCUT2D eigenvalue weighted by Crippen LogP contribution is -2.49. The molecule has 0 radical (unpaired) electrons. The van der Waals surface area contributed by atoms with E-state index in [9.17, 15) is 59.9 Å². The number of anilines is 3. The smallest absolute Gasteiger partial charge is 0.276 e. The summed E-state index contributed by atoms with van der Waals surface area (Å²) in [6.45, 7) is 31.8. The summed E-state index contributed by atoms with van der Waals surface area (Å²) in [4.78, 5) is 119. The summed E-state index contributed by atoms with van der Waals surface area (Å²) >= 11 is 97.3. The number of aromatic nitrogens is 9. The quantitative estimate of drug-likeness (QED) is 0.0487. The molecule has 0 spiro atoms. The van der Waals surface area contributed by atoms with Gasteiger partial charge in [0.1, 0.15) is 66.9 Å². The number of aromatic hydroxyl groups is 3. The van der Waals surface area contributed by atoms with Crippen LogP contribution in [0.3, 0.4) is 0 Å². The SMILES string of the molecule is C=CC(=O)N1CCN(c2c(C#N)c(=O)n(-c3c(C)ccnc3C(C)C)c3nc(-c4c(Cl)c(O)c(Cl)c(Cl)c4Cl)c(Cl)cc23)CC1.C=CC(=O)N1CCN(c2c(C#N)c(=O)n(-c3c(C)ccnc3C(C)C)c3nc(-c4c(Cl)c(O)c(Cl)c(Cl)c4Cl)c(Cl)cc23)CC1.C=CC(=O)N1CCN(c2c(C#N)c(=O)n(-c3c(C)ccnc3C(C)C)c3nc(-c4c(Cl)c(O)c(Cl)c(Cl)c4Cl)c(Cl)cc23)CC1. The lowest BCUT2D eigenvalue weighted by molar-refractivity contribution is -0.127. The first-order valence-electron chi connectivity index (χ1n) is 41.1. The summed E-state index contributed by atoms with van der Waals surface area (Å²) in [5, 5.41) is 62.1. The fraction of sp³-hybridized carbons (Fsp3) is 0.258. The van der Waals surface area contributed by atoms with Crippen LogP contribution in [0.25, 0.3) is 83.9 Å². The zero-order valence-electron chi connectivity index (χ0n) is 72.8. The molecule has 135 heavy (non-hydrogen) atoms. The van der Waals surface area contributed by atoms with Crippen LogP contribution >= 0.6 is 174 Å². The molecule has 3 amide bonds. The van der Waals surface area contributed by atoms with Crippen molar-refractivity contribution in [3.05, 3.63) is 250 Å². The zero-order valence-corrected chi connectivity index (χ0v) is 84.1. The molecule has 9 aromatic heterocycles. The number of piperazine rings is 3. The third-order valence-electron chi connectivity index (χ3n) is 23.0. The molecule has 0 bridgehead atoms. The molecule has 0 saturated carbocycles. The standard InChI is InChI=1S/3C31H25Cl5N6O3/c3*1-5-19(43)40-8-10-41(11-9-40)28-16-12-18(32)26(20-21(33)23(35)24(36)29(44)22(20)34)39-30(16)42(31(45)17(28)13-37)27-15(4)6-7-38-25(27)14(2)3/h3*5-7,12,14,44H,1,8-11H2,2-4H3. The number of pyridine rings is 9. The van der Waals surface area contributed by atoms with Gasteiger partial charge in [0.25, 0.3) is 16.7 Å². The number of phenolic OH excluding ortho intramolecular Hbond substituents is 3. The summed E-state index contributed by atoms with van der Waals surface area (Å²) in [7, 11) is 0. The van der Waals surface area contributed by atoms with Crippen molar-refractivity contribution >= 4 is 242 Å². The Morgan fingerprint density at radius 3 is 0.778 bits per heavy atom. The molecule has 42 heteroatoms. The van der Waals surface area contributed by atoms with Crippen LogP contribution in [0.5, 0.6) is 17.2 Å². The van der Waals surface area contributed by atoms with Crippen molar-refractivity contribution < 1.29 is 29.7 Å². The Hall–Kier alpha value is -10.6. The number of aryl methyl sites for hydroxylation is 3. The second-order valence-electron chi connectivity index (χ2n) is 32.0. The summed E-state index contributed by atoms with van der Waals surface area (Å²) in [5.41, 5.74) is 4.51. The number of hydrogen-bond acceptors (Lipinski definition) is 21. The number of fused-ring (bicyclic) bond motifs is 3. The molecule has 3 saturated heterocycles. The molecule has 3 N–H and O–H groups in total. The van der Waals surface area contributed by atoms with E-state index in [2.05, 4.69) is 52.9 Å². The summed E-state index contributed by atoms with van der Waals surface area (Å²) < 4.78 is 4.06. The van der Waals surface area contributed by atoms with Crippen molar-refractivity contribution in [1.29, 1.82) is 15.8 Å². The molecule has 0 atom stereocenters. The van der Waals surface area contributed by atoms with Crippen molar-refractivity contribution in [3.63, 3.8) is 0 Å². The van der Waals surface area contributed by atoms with E-state index < -0.39 is 33.9 Å². The first-order valence-corrected chi connectivity index (χ1v) is 46.8. The molecule has 0 aliphatic carbocycles. The summed E-state index contributed by atoms with van der Waals surface area (Å²) in [6.07, 6.45) is 8.70. The van der Waals surface area contributed by atoms with Gasteiger partial charge in [-0.15, -0.1) is 0 Å². The van der Waals surface area contributed by atoms with Gasteiger partial charge in [-0.2, -0.15) is 15.8 Å². The number of rotatable bonds is 15. The maximum Gasteiger partial charge on any atom is 0.276 e. The maximum atomic E-state index is 14.4. The number of nitrogens with zero attached hydrogens (tertiary/aromatic N) is 18. The topological polar surface area (TPSA) is 346 Å². The van der Waals surface area contributed by atoms with E-state index >= 15 is 0 Å². The summed E-state index contributed by atoms with van der Waals surface area (Å²) in [6, 6.07) is 16.3. The van der Waals surface area contributed by atoms with Gasteiger partial charge in [-0.25, -0.2) is 15.0 Å². The van der Waals surface area contributed by atoms with Gasteiger partial charge < -0.3 is 44.7 Å². The van der Waals surface area contributed by atoms with Crippen LogP contribution in [0.1, 0.15) is 110 Å². The summed E-state index contributed by atoms with van der Waals surface area (Å²) in [5.74, 6) is -2.51. The van der Waals surface area contributed by atoms with Gasteiger partial charge >= 0.3 is 0 Å². The predicted molar refractivity (Wildman–Crippen MR) is 539 cm³/mol. The fourth-order valence-electron chi connectivity index (χ4n) is 16.4. The van der Waals surface area contributed by atoms with E-state index in [0.29, 0.717) is 163 Å². The average Bonchev–Trinajstić information content (AvgIpc) is 0.728. The van der Waals surface area contributed by atoms with Gasteiger partial charge in [0.2, 0.25) is 17.7 Å². The Morgan fingerprint density at radius 2 is 0.578 bits per heavy atom. The number of amides is 3. The Morgan fingerprint density at radius 1 is 0.356 bits per heavy atom. The molecule has 3 fully saturated rings. The van der Waals surface area contributed by atoms with Crippen molar-refractivity contribution in [2.75, 3.05) is 93.2 Å². The maximum absolute atomic E-state index is 14.4. The molecule has 3 aromatic carbocycles. The highest BCUT2D eigenvalue weighted by Crippen LogP contribution is 2.55. The van der Waals surface area contributed by atoms with E-state index in [4.69, 9.17) is 189 Å². The minimum atomic E-state index is -0.627. The number of halogens is 15. The minimum absolute atomic E-state index is 0.00517. The van der Waals surface area contributed by atoms with Crippen LogP contribution in [0.2, 0.25) is 75.3 Å². The highest BCUT2D eigenvalue weighted by Gasteiger charge is 2.38. The molecule has 12 heterocycles. The highest BCUT2D eigenvalue weighted by molar-refractivity contribution is 6.55. The Balaban J connectivity index is 0.000000171. The monoisotopic (exact) mass is 2110 g/mol. The van der Waals surface area contributed by atoms with Crippen molar-refractivity contribution in [2.24, 2.45) is 0 Å². The van der Waals surface area contributed by atoms with Gasteiger partial charge in [0.05, 0.1) is 129 Å². The van der Waals surface area contributed by atoms with Crippen molar-refractivity contribution in [3.8, 4) is 86.3 Å². The second kappa shape index (κ2) is 41.4. The zero-order chi connectivity index (χ0) is 98.7. The van der Waals surface area contributed by atoms with Crippen LogP contribution in [0, 0.1) is 54.8 Å². The van der Waals surface area contributed by atoms with E-state index in [-0.39, 0.29) is 178 Å². The van der Waals surface area contributed by atoms with Gasteiger partial charge in [0, 0.05) is 130 Å². The lowest BCUT2D eigenvalue weighted by Gasteiger charge is -2.36. The van der Waals surface area contributed by atoms with E-state index in [0.717, 1.165) is 0 Å². The van der Waals surface area contributed by atoms with Crippen molar-refractivity contribution in [1.82, 2.24) is 58.3 Å². The van der Waals surface area contributed by atoms with Gasteiger partial charge in [-0.1, -0.05) is 235 Å². The first-order chi connectivity index (χ1) is 64.0. The lowest BCUT2D eigenvalue weighted by atomic mass is 10.0. The molecule has 3 aliphatic heterocycles. The third-order valence-corrected chi connectivity index (χ3v) is 28.9.